The molecule has 1 heterocycles. The molecule has 0 radical (unpaired) electrons. The second-order valence-corrected chi connectivity index (χ2v) is 3.52. The Balaban J connectivity index is 2.41. The average Bonchev–Trinajstić information content (AvgIpc) is 2.38. The zero-order valence-corrected chi connectivity index (χ0v) is 10.3. The summed E-state index contributed by atoms with van der Waals surface area (Å²) in [6.07, 6.45) is 2.50. The zero-order chi connectivity index (χ0) is 12.5. The zero-order valence-electron chi connectivity index (χ0n) is 10.3. The molecule has 0 aromatic carbocycles. The Hall–Kier alpha value is -1.62. The molecule has 17 heavy (non-hydrogen) atoms. The molecule has 0 spiro atoms. The largest absolute Gasteiger partial charge is 0.480 e. The van der Waals surface area contributed by atoms with Crippen LogP contribution < -0.4 is 15.4 Å². The van der Waals surface area contributed by atoms with Crippen LogP contribution in [0.15, 0.2) is 18.3 Å². The molecule has 0 saturated carbocycles. The lowest BCUT2D eigenvalue weighted by Crippen LogP contribution is -2.27. The molecule has 0 unspecified atom stereocenters. The first kappa shape index (κ1) is 13.4. The number of hydrogen-bond donors (Lipinski definition) is 2. The molecule has 5 heteroatoms. The molecule has 0 bridgehead atoms. The number of amides is 1. The average molecular weight is 237 g/mol. The number of ether oxygens (including phenoxy) is 1. The molecular weight excluding hydrogens is 218 g/mol. The smallest absolute Gasteiger partial charge is 0.256 e. The summed E-state index contributed by atoms with van der Waals surface area (Å²) in [4.78, 5) is 15.8. The standard InChI is InChI=1S/C12H19N3O2/c1-3-13-7-5-9-14-11(16)10-6-4-8-15-12(10)17-2/h4,6,8,13H,3,5,7,9H2,1-2H3,(H,14,16). The van der Waals surface area contributed by atoms with Crippen LogP contribution in [-0.4, -0.2) is 37.6 Å². The van der Waals surface area contributed by atoms with Gasteiger partial charge in [0.05, 0.1) is 7.11 Å². The first-order valence-electron chi connectivity index (χ1n) is 5.77. The summed E-state index contributed by atoms with van der Waals surface area (Å²) in [6, 6.07) is 3.42. The van der Waals surface area contributed by atoms with E-state index in [0.717, 1.165) is 19.5 Å². The van der Waals surface area contributed by atoms with Crippen molar-refractivity contribution in [3.8, 4) is 5.88 Å². The van der Waals surface area contributed by atoms with E-state index >= 15 is 0 Å². The van der Waals surface area contributed by atoms with Crippen LogP contribution in [0.2, 0.25) is 0 Å². The van der Waals surface area contributed by atoms with Crippen LogP contribution in [0.25, 0.3) is 0 Å². The van der Waals surface area contributed by atoms with Gasteiger partial charge in [-0.2, -0.15) is 0 Å². The van der Waals surface area contributed by atoms with E-state index in [4.69, 9.17) is 4.74 Å². The van der Waals surface area contributed by atoms with Gasteiger partial charge in [-0.1, -0.05) is 6.92 Å². The van der Waals surface area contributed by atoms with Crippen molar-refractivity contribution in [3.63, 3.8) is 0 Å². The molecule has 0 aliphatic heterocycles. The van der Waals surface area contributed by atoms with E-state index in [1.807, 2.05) is 0 Å². The van der Waals surface area contributed by atoms with Crippen LogP contribution in [0, 0.1) is 0 Å². The molecule has 0 aliphatic carbocycles. The third kappa shape index (κ3) is 4.40. The molecule has 0 saturated heterocycles. The van der Waals surface area contributed by atoms with Crippen LogP contribution in [0.5, 0.6) is 5.88 Å². The van der Waals surface area contributed by atoms with Crippen LogP contribution in [0.3, 0.4) is 0 Å². The van der Waals surface area contributed by atoms with Gasteiger partial charge in [0.25, 0.3) is 5.91 Å². The highest BCUT2D eigenvalue weighted by Gasteiger charge is 2.11. The summed E-state index contributed by atoms with van der Waals surface area (Å²) in [5.41, 5.74) is 0.471. The maximum Gasteiger partial charge on any atom is 0.256 e. The van der Waals surface area contributed by atoms with Crippen LogP contribution in [-0.2, 0) is 0 Å². The van der Waals surface area contributed by atoms with E-state index in [0.29, 0.717) is 18.0 Å². The molecule has 0 fully saturated rings. The van der Waals surface area contributed by atoms with Crippen LogP contribution in [0.1, 0.15) is 23.7 Å². The minimum Gasteiger partial charge on any atom is -0.480 e. The van der Waals surface area contributed by atoms with Crippen molar-refractivity contribution in [2.75, 3.05) is 26.7 Å². The third-order valence-electron chi connectivity index (χ3n) is 2.28. The maximum atomic E-state index is 11.8. The molecule has 5 nitrogen and oxygen atoms in total. The second kappa shape index (κ2) is 7.62. The summed E-state index contributed by atoms with van der Waals surface area (Å²) >= 11 is 0. The predicted molar refractivity (Wildman–Crippen MR) is 66.3 cm³/mol. The number of rotatable bonds is 7. The molecule has 2 N–H and O–H groups in total. The van der Waals surface area contributed by atoms with Gasteiger partial charge < -0.3 is 15.4 Å². The Labute approximate surface area is 102 Å². The molecule has 1 aromatic rings. The summed E-state index contributed by atoms with van der Waals surface area (Å²) < 4.78 is 5.03. The molecule has 0 aliphatic rings. The van der Waals surface area contributed by atoms with Crippen LogP contribution >= 0.6 is 0 Å². The van der Waals surface area contributed by atoms with Crippen molar-refractivity contribution in [3.05, 3.63) is 23.9 Å². The maximum absolute atomic E-state index is 11.8. The van der Waals surface area contributed by atoms with Gasteiger partial charge in [-0.15, -0.1) is 0 Å². The summed E-state index contributed by atoms with van der Waals surface area (Å²) in [5, 5.41) is 6.03. The Bertz CT molecular complexity index is 355. The van der Waals surface area contributed by atoms with Crippen molar-refractivity contribution in [2.24, 2.45) is 0 Å². The first-order valence-corrected chi connectivity index (χ1v) is 5.77. The lowest BCUT2D eigenvalue weighted by molar-refractivity contribution is 0.0949. The monoisotopic (exact) mass is 237 g/mol. The van der Waals surface area contributed by atoms with Gasteiger partial charge in [-0.25, -0.2) is 4.98 Å². The Morgan fingerprint density at radius 3 is 3.00 bits per heavy atom. The van der Waals surface area contributed by atoms with Gasteiger partial charge in [0, 0.05) is 12.7 Å². The van der Waals surface area contributed by atoms with Gasteiger partial charge in [-0.3, -0.25) is 4.79 Å². The van der Waals surface area contributed by atoms with E-state index < -0.39 is 0 Å². The van der Waals surface area contributed by atoms with Gasteiger partial charge >= 0.3 is 0 Å². The molecular formula is C12H19N3O2. The van der Waals surface area contributed by atoms with Crippen molar-refractivity contribution in [2.45, 2.75) is 13.3 Å². The Morgan fingerprint density at radius 1 is 1.47 bits per heavy atom. The lowest BCUT2D eigenvalue weighted by atomic mass is 10.2. The van der Waals surface area contributed by atoms with Crippen LogP contribution in [0.4, 0.5) is 0 Å². The molecule has 1 rings (SSSR count). The predicted octanol–water partition coefficient (Wildman–Crippen LogP) is 0.820. The first-order chi connectivity index (χ1) is 8.29. The van der Waals surface area contributed by atoms with Crippen molar-refractivity contribution in [1.29, 1.82) is 0 Å². The SMILES string of the molecule is CCNCCCNC(=O)c1cccnc1OC. The van der Waals surface area contributed by atoms with Gasteiger partial charge in [0.1, 0.15) is 5.56 Å². The fourth-order valence-electron chi connectivity index (χ4n) is 1.41. The van der Waals surface area contributed by atoms with Gasteiger partial charge in [0.2, 0.25) is 5.88 Å². The fourth-order valence-corrected chi connectivity index (χ4v) is 1.41. The molecule has 94 valence electrons. The Kier molecular flexibility index (Phi) is 6.03. The summed E-state index contributed by atoms with van der Waals surface area (Å²) in [6.45, 7) is 4.55. The van der Waals surface area contributed by atoms with E-state index in [1.54, 1.807) is 18.3 Å². The number of carbonyl (C=O) groups excluding carboxylic acids is 1. The molecule has 0 atom stereocenters. The minimum atomic E-state index is -0.147. The highest BCUT2D eigenvalue weighted by Crippen LogP contribution is 2.12. The van der Waals surface area contributed by atoms with E-state index in [1.165, 1.54) is 7.11 Å². The number of pyridine rings is 1. The minimum absolute atomic E-state index is 0.147. The fraction of sp³-hybridized carbons (Fsp3) is 0.500. The highest BCUT2D eigenvalue weighted by atomic mass is 16.5. The van der Waals surface area contributed by atoms with E-state index in [9.17, 15) is 4.79 Å². The third-order valence-corrected chi connectivity index (χ3v) is 2.28. The summed E-state index contributed by atoms with van der Waals surface area (Å²) in [5.74, 6) is 0.211. The van der Waals surface area contributed by atoms with E-state index in [-0.39, 0.29) is 5.91 Å². The van der Waals surface area contributed by atoms with Crippen molar-refractivity contribution in [1.82, 2.24) is 15.6 Å². The number of methoxy groups -OCH3 is 1. The number of carbonyl (C=O) groups is 1. The Morgan fingerprint density at radius 2 is 2.29 bits per heavy atom. The van der Waals surface area contributed by atoms with Crippen molar-refractivity contribution < 1.29 is 9.53 Å². The topological polar surface area (TPSA) is 63.2 Å². The quantitative estimate of drug-likeness (QED) is 0.689. The van der Waals surface area contributed by atoms with Crippen molar-refractivity contribution >= 4 is 5.91 Å². The van der Waals surface area contributed by atoms with Gasteiger partial charge in [-0.05, 0) is 31.6 Å². The lowest BCUT2D eigenvalue weighted by Gasteiger charge is -2.08. The number of aromatic nitrogens is 1. The number of nitrogens with zero attached hydrogens (tertiary/aromatic N) is 1. The van der Waals surface area contributed by atoms with Gasteiger partial charge in [0.15, 0.2) is 0 Å². The molecule has 1 aromatic heterocycles. The highest BCUT2D eigenvalue weighted by molar-refractivity contribution is 5.96. The number of nitrogens with one attached hydrogen (secondary N) is 2. The van der Waals surface area contributed by atoms with E-state index in [2.05, 4.69) is 22.5 Å². The molecule has 1 amide bonds. The summed E-state index contributed by atoms with van der Waals surface area (Å²) in [7, 11) is 1.50. The normalized spacial score (nSPS) is 10.0. The number of hydrogen-bond acceptors (Lipinski definition) is 4. The second-order valence-electron chi connectivity index (χ2n) is 3.52.